The Morgan fingerprint density at radius 3 is 2.73 bits per heavy atom. The van der Waals surface area contributed by atoms with Crippen molar-refractivity contribution in [2.45, 2.75) is 32.7 Å². The average Bonchev–Trinajstić information content (AvgIpc) is 3.39. The molecule has 0 spiro atoms. The Bertz CT molecular complexity index is 1130. The van der Waals surface area contributed by atoms with Crippen LogP contribution >= 0.6 is 11.6 Å². The smallest absolute Gasteiger partial charge is 0.225 e. The summed E-state index contributed by atoms with van der Waals surface area (Å²) in [7, 11) is 0. The van der Waals surface area contributed by atoms with Gasteiger partial charge in [-0.2, -0.15) is 10.1 Å². The Kier molecular flexibility index (Phi) is 5.37. The predicted octanol–water partition coefficient (Wildman–Crippen LogP) is 4.56. The molecule has 4 aromatic heterocycles. The van der Waals surface area contributed by atoms with Crippen LogP contribution in [-0.4, -0.2) is 30.3 Å². The molecule has 4 heterocycles. The van der Waals surface area contributed by atoms with Crippen LogP contribution in [0.1, 0.15) is 32.2 Å². The summed E-state index contributed by atoms with van der Waals surface area (Å²) in [5.74, 6) is 2.10. The lowest BCUT2D eigenvalue weighted by Gasteiger charge is -2.14. The fourth-order valence-electron chi connectivity index (χ4n) is 2.63. The topological polar surface area (TPSA) is 117 Å². The fourth-order valence-corrected chi connectivity index (χ4v) is 2.77. The minimum Gasteiger partial charge on any atom is -0.359 e. The molecular formula is C20H21ClN8O. The number of nitrogens with zero attached hydrogens (tertiary/aromatic N) is 5. The monoisotopic (exact) mass is 424 g/mol. The molecule has 10 heteroatoms. The van der Waals surface area contributed by atoms with Crippen molar-refractivity contribution in [3.05, 3.63) is 59.2 Å². The molecule has 3 N–H and O–H groups in total. The van der Waals surface area contributed by atoms with Crippen LogP contribution in [0.4, 0.5) is 17.6 Å². The van der Waals surface area contributed by atoms with E-state index < -0.39 is 0 Å². The molecule has 0 aromatic carbocycles. The second kappa shape index (κ2) is 8.11. The van der Waals surface area contributed by atoms with Gasteiger partial charge in [0.2, 0.25) is 5.95 Å². The zero-order valence-corrected chi connectivity index (χ0v) is 17.5. The number of nitrogens with one attached hydrogen (secondary N) is 3. The van der Waals surface area contributed by atoms with Crippen molar-refractivity contribution in [2.24, 2.45) is 0 Å². The lowest BCUT2D eigenvalue weighted by molar-refractivity contribution is 0.389. The first-order valence-electron chi connectivity index (χ1n) is 9.35. The van der Waals surface area contributed by atoms with E-state index in [2.05, 4.69) is 61.7 Å². The van der Waals surface area contributed by atoms with Gasteiger partial charge in [0.15, 0.2) is 17.4 Å². The maximum atomic E-state index is 6.24. The van der Waals surface area contributed by atoms with E-state index in [0.29, 0.717) is 40.6 Å². The van der Waals surface area contributed by atoms with Gasteiger partial charge in [0, 0.05) is 29.4 Å². The van der Waals surface area contributed by atoms with Crippen molar-refractivity contribution in [3.63, 3.8) is 0 Å². The molecule has 0 bridgehead atoms. The van der Waals surface area contributed by atoms with Gasteiger partial charge in [-0.3, -0.25) is 10.1 Å². The molecule has 0 saturated heterocycles. The first-order chi connectivity index (χ1) is 14.4. The van der Waals surface area contributed by atoms with Crippen molar-refractivity contribution >= 4 is 29.2 Å². The van der Waals surface area contributed by atoms with Crippen LogP contribution in [0.5, 0.6) is 0 Å². The Morgan fingerprint density at radius 1 is 1.13 bits per heavy atom. The lowest BCUT2D eigenvalue weighted by Crippen LogP contribution is -2.11. The van der Waals surface area contributed by atoms with E-state index in [1.807, 2.05) is 30.3 Å². The molecule has 0 aliphatic rings. The largest absolute Gasteiger partial charge is 0.359 e. The van der Waals surface area contributed by atoms with E-state index in [-0.39, 0.29) is 5.41 Å². The van der Waals surface area contributed by atoms with E-state index in [1.54, 1.807) is 6.20 Å². The molecule has 0 unspecified atom stereocenters. The van der Waals surface area contributed by atoms with E-state index in [0.717, 1.165) is 11.4 Å². The zero-order valence-electron chi connectivity index (χ0n) is 16.8. The fraction of sp³-hybridized carbons (Fsp3) is 0.250. The number of anilines is 3. The van der Waals surface area contributed by atoms with Crippen LogP contribution in [0.15, 0.2) is 47.2 Å². The van der Waals surface area contributed by atoms with Gasteiger partial charge in [-0.25, -0.2) is 4.98 Å². The van der Waals surface area contributed by atoms with Crippen LogP contribution in [0.3, 0.4) is 0 Å². The summed E-state index contributed by atoms with van der Waals surface area (Å²) in [6.07, 6.45) is 3.23. The Hall–Kier alpha value is -3.46. The molecule has 0 saturated carbocycles. The van der Waals surface area contributed by atoms with Crippen LogP contribution in [0.25, 0.3) is 11.4 Å². The van der Waals surface area contributed by atoms with Gasteiger partial charge in [-0.05, 0) is 12.1 Å². The van der Waals surface area contributed by atoms with Crippen molar-refractivity contribution in [2.75, 3.05) is 10.6 Å². The molecule has 0 aliphatic carbocycles. The minimum atomic E-state index is -0.0414. The highest BCUT2D eigenvalue weighted by atomic mass is 35.5. The second-order valence-electron chi connectivity index (χ2n) is 7.68. The van der Waals surface area contributed by atoms with Gasteiger partial charge >= 0.3 is 0 Å². The second-order valence-corrected chi connectivity index (χ2v) is 8.09. The molecule has 0 fully saturated rings. The molecule has 154 valence electrons. The number of pyridine rings is 1. The summed E-state index contributed by atoms with van der Waals surface area (Å²) < 4.78 is 5.36. The van der Waals surface area contributed by atoms with Crippen molar-refractivity contribution in [3.8, 4) is 11.4 Å². The maximum Gasteiger partial charge on any atom is 0.225 e. The lowest BCUT2D eigenvalue weighted by atomic mass is 9.92. The number of hydrogen-bond acceptors (Lipinski definition) is 8. The highest BCUT2D eigenvalue weighted by molar-refractivity contribution is 6.32. The van der Waals surface area contributed by atoms with Crippen molar-refractivity contribution in [1.82, 2.24) is 30.3 Å². The van der Waals surface area contributed by atoms with Gasteiger partial charge in [0.25, 0.3) is 0 Å². The molecule has 0 atom stereocenters. The Balaban J connectivity index is 1.43. The summed E-state index contributed by atoms with van der Waals surface area (Å²) in [5.41, 5.74) is 2.37. The maximum absolute atomic E-state index is 6.24. The van der Waals surface area contributed by atoms with E-state index in [9.17, 15) is 0 Å². The van der Waals surface area contributed by atoms with Crippen LogP contribution in [0, 0.1) is 0 Å². The van der Waals surface area contributed by atoms with Gasteiger partial charge in [0.05, 0.1) is 18.4 Å². The summed E-state index contributed by atoms with van der Waals surface area (Å²) >= 11 is 6.24. The third kappa shape index (κ3) is 4.57. The van der Waals surface area contributed by atoms with Gasteiger partial charge in [-0.15, -0.1) is 0 Å². The molecule has 9 nitrogen and oxygen atoms in total. The van der Waals surface area contributed by atoms with Gasteiger partial charge in [0.1, 0.15) is 10.7 Å². The summed E-state index contributed by atoms with van der Waals surface area (Å²) in [6, 6.07) is 9.37. The minimum absolute atomic E-state index is 0.0414. The van der Waals surface area contributed by atoms with Crippen LogP contribution in [-0.2, 0) is 12.0 Å². The molecule has 4 aromatic rings. The predicted molar refractivity (Wildman–Crippen MR) is 115 cm³/mol. The number of hydrogen-bond donors (Lipinski definition) is 3. The highest BCUT2D eigenvalue weighted by Crippen LogP contribution is 2.26. The van der Waals surface area contributed by atoms with Crippen molar-refractivity contribution < 1.29 is 4.52 Å². The van der Waals surface area contributed by atoms with Crippen molar-refractivity contribution in [1.29, 1.82) is 0 Å². The first-order valence-corrected chi connectivity index (χ1v) is 9.72. The number of halogens is 1. The summed E-state index contributed by atoms with van der Waals surface area (Å²) in [4.78, 5) is 12.9. The van der Waals surface area contributed by atoms with Gasteiger partial charge < -0.3 is 15.2 Å². The molecule has 0 radical (unpaired) electrons. The normalized spacial score (nSPS) is 11.5. The summed E-state index contributed by atoms with van der Waals surface area (Å²) in [5, 5.41) is 17.9. The number of aromatic amines is 1. The van der Waals surface area contributed by atoms with Crippen LogP contribution < -0.4 is 10.6 Å². The van der Waals surface area contributed by atoms with Crippen LogP contribution in [0.2, 0.25) is 5.02 Å². The quantitative estimate of drug-likeness (QED) is 0.412. The SMILES string of the molecule is CC(C)(C)c1cc(Nc2nc(NCc3cc(-c4ccccn4)no3)ncc2Cl)n[nH]1. The highest BCUT2D eigenvalue weighted by Gasteiger charge is 2.17. The molecule has 0 aliphatic heterocycles. The Morgan fingerprint density at radius 2 is 2.00 bits per heavy atom. The number of H-pyrrole nitrogens is 1. The molecule has 0 amide bonds. The molecular weight excluding hydrogens is 404 g/mol. The third-order valence-electron chi connectivity index (χ3n) is 4.28. The van der Waals surface area contributed by atoms with E-state index in [4.69, 9.17) is 16.1 Å². The number of rotatable bonds is 6. The average molecular weight is 425 g/mol. The Labute approximate surface area is 178 Å². The molecule has 30 heavy (non-hydrogen) atoms. The van der Waals surface area contributed by atoms with Gasteiger partial charge in [-0.1, -0.05) is 43.6 Å². The third-order valence-corrected chi connectivity index (χ3v) is 4.56. The standard InChI is InChI=1S/C20H21ClN8O/c1-20(2,3)16-9-17(28-27-16)25-18-13(21)11-24-19(26-18)23-10-12-8-15(29-30-12)14-6-4-5-7-22-14/h4-9,11H,10H2,1-3H3,(H3,23,24,25,26,27,28). The molecule has 4 rings (SSSR count). The zero-order chi connectivity index (χ0) is 21.1. The van der Waals surface area contributed by atoms with E-state index in [1.165, 1.54) is 6.20 Å². The number of aromatic nitrogens is 6. The van der Waals surface area contributed by atoms with E-state index >= 15 is 0 Å². The first kappa shape index (κ1) is 19.8. The summed E-state index contributed by atoms with van der Waals surface area (Å²) in [6.45, 7) is 6.67.